The maximum absolute atomic E-state index is 14.2. The second-order valence-corrected chi connectivity index (χ2v) is 16.9. The van der Waals surface area contributed by atoms with Gasteiger partial charge in [-0.1, -0.05) is 42.8 Å². The predicted octanol–water partition coefficient (Wildman–Crippen LogP) is 5.74. The second-order valence-electron chi connectivity index (χ2n) is 13.3. The van der Waals surface area contributed by atoms with E-state index in [1.54, 1.807) is 67.8 Å². The van der Waals surface area contributed by atoms with Crippen LogP contribution in [0.1, 0.15) is 39.0 Å². The summed E-state index contributed by atoms with van der Waals surface area (Å²) in [6.45, 7) is 11.2. The minimum absolute atomic E-state index is 0.0235. The number of anilines is 2. The number of nitrogens with zero attached hydrogens (tertiary/aromatic N) is 6. The van der Waals surface area contributed by atoms with Crippen LogP contribution in [-0.4, -0.2) is 81.2 Å². The Kier molecular flexibility index (Phi) is 10.1. The zero-order valence-electron chi connectivity index (χ0n) is 28.5. The number of hydrogen-bond donors (Lipinski definition) is 1. The highest BCUT2D eigenvalue weighted by Gasteiger charge is 2.32. The van der Waals surface area contributed by atoms with Gasteiger partial charge in [0.2, 0.25) is 11.7 Å². The molecule has 2 aromatic heterocycles. The molecule has 3 heterocycles. The molecule has 0 radical (unpaired) electrons. The lowest BCUT2D eigenvalue weighted by Gasteiger charge is -2.37. The molecule has 0 bridgehead atoms. The third-order valence-electron chi connectivity index (χ3n) is 8.03. The summed E-state index contributed by atoms with van der Waals surface area (Å²) in [5.74, 6) is -0.389. The molecule has 0 atom stereocenters. The molecule has 1 aliphatic rings. The largest absolute Gasteiger partial charge is 0.444 e. The van der Waals surface area contributed by atoms with Crippen molar-refractivity contribution in [2.24, 2.45) is 0 Å². The molecule has 50 heavy (non-hydrogen) atoms. The fraction of sp³-hybridized carbons (Fsp3) is 0.424. The summed E-state index contributed by atoms with van der Waals surface area (Å²) in [7, 11) is -2.54. The van der Waals surface area contributed by atoms with E-state index in [0.29, 0.717) is 23.0 Å². The molecule has 4 aromatic rings. The number of ether oxygens (including phenoxy) is 1. The van der Waals surface area contributed by atoms with E-state index in [-0.39, 0.29) is 60.7 Å². The Morgan fingerprint density at radius 3 is 2.20 bits per heavy atom. The van der Waals surface area contributed by atoms with Gasteiger partial charge in [-0.2, -0.15) is 22.7 Å². The monoisotopic (exact) mass is 735 g/mol. The summed E-state index contributed by atoms with van der Waals surface area (Å²) < 4.78 is 60.3. The summed E-state index contributed by atoms with van der Waals surface area (Å²) >= 11 is 6.11. The molecule has 5 rings (SSSR count). The van der Waals surface area contributed by atoms with Gasteiger partial charge in [0.15, 0.2) is 5.82 Å². The maximum Gasteiger partial charge on any atom is 0.416 e. The van der Waals surface area contributed by atoms with Crippen LogP contribution in [0, 0.1) is 0 Å². The number of amides is 2. The van der Waals surface area contributed by atoms with Crippen LogP contribution < -0.4 is 21.1 Å². The lowest BCUT2D eigenvalue weighted by molar-refractivity contribution is -0.137. The Hall–Kier alpha value is -4.36. The van der Waals surface area contributed by atoms with E-state index in [4.69, 9.17) is 16.3 Å². The number of aromatic nitrogens is 4. The normalized spacial score (nSPS) is 14.3. The molecule has 1 N–H and O–H groups in total. The number of rotatable bonds is 7. The summed E-state index contributed by atoms with van der Waals surface area (Å²) in [6.07, 6.45) is -4.79. The minimum atomic E-state index is -4.61. The number of carbonyl (C=O) groups is 2. The molecule has 12 nitrogen and oxygen atoms in total. The van der Waals surface area contributed by atoms with Crippen LogP contribution in [0.4, 0.5) is 29.3 Å². The molecular formula is C33H38ClF3N7O5P. The van der Waals surface area contributed by atoms with Gasteiger partial charge in [-0.05, 0) is 58.7 Å². The van der Waals surface area contributed by atoms with Crippen molar-refractivity contribution in [3.63, 3.8) is 0 Å². The number of piperazine rings is 1. The number of hydrogen-bond acceptors (Lipinski definition) is 8. The van der Waals surface area contributed by atoms with E-state index in [0.717, 1.165) is 22.7 Å². The smallest absolute Gasteiger partial charge is 0.416 e. The Morgan fingerprint density at radius 2 is 1.66 bits per heavy atom. The van der Waals surface area contributed by atoms with Crippen LogP contribution in [0.25, 0.3) is 17.2 Å². The minimum Gasteiger partial charge on any atom is -0.444 e. The Balaban J connectivity index is 1.55. The molecule has 0 unspecified atom stereocenters. The summed E-state index contributed by atoms with van der Waals surface area (Å²) in [4.78, 5) is 48.4. The molecule has 1 aliphatic heterocycles. The standard InChI is InChI=1S/C33H38ClF3N7O5P/c1-7-25-27(41-14-16-42(17-15-41)31(47)49-32(2,3)4)29(46)44-30(39-28(40-44)20-8-11-22(12-9-20)50(5,6)48)43(25)19-26(45)38-24-13-10-21(18-23(24)34)33(35,36)37/h8-13,18H,7,14-17,19H2,1-6H3,(H,38,45). The van der Waals surface area contributed by atoms with Gasteiger partial charge in [-0.15, -0.1) is 5.10 Å². The quantitative estimate of drug-likeness (QED) is 0.238. The van der Waals surface area contributed by atoms with Crippen LogP contribution in [-0.2, 0) is 33.2 Å². The molecule has 0 spiro atoms. The van der Waals surface area contributed by atoms with Crippen LogP contribution in [0.5, 0.6) is 0 Å². The summed E-state index contributed by atoms with van der Waals surface area (Å²) in [5, 5.41) is 7.45. The zero-order valence-corrected chi connectivity index (χ0v) is 30.1. The molecule has 268 valence electrons. The van der Waals surface area contributed by atoms with Gasteiger partial charge >= 0.3 is 12.3 Å². The molecular weight excluding hydrogens is 698 g/mol. The predicted molar refractivity (Wildman–Crippen MR) is 186 cm³/mol. The van der Waals surface area contributed by atoms with E-state index in [9.17, 15) is 32.1 Å². The topological polar surface area (TPSA) is 131 Å². The number of nitrogens with one attached hydrogen (secondary N) is 1. The number of alkyl halides is 3. The third-order valence-corrected chi connectivity index (χ3v) is 9.88. The van der Waals surface area contributed by atoms with Crippen LogP contribution in [0.2, 0.25) is 5.02 Å². The fourth-order valence-corrected chi connectivity index (χ4v) is 6.68. The summed E-state index contributed by atoms with van der Waals surface area (Å²) in [6, 6.07) is 9.45. The maximum atomic E-state index is 14.2. The molecule has 2 aromatic carbocycles. The first-order valence-corrected chi connectivity index (χ1v) is 18.8. The van der Waals surface area contributed by atoms with E-state index in [1.165, 1.54) is 0 Å². The van der Waals surface area contributed by atoms with Gasteiger partial charge in [-0.25, -0.2) is 4.79 Å². The van der Waals surface area contributed by atoms with Gasteiger partial charge in [0, 0.05) is 37.0 Å². The number of carbonyl (C=O) groups excluding carboxylic acids is 2. The highest BCUT2D eigenvalue weighted by Crippen LogP contribution is 2.35. The first kappa shape index (κ1) is 36.9. The van der Waals surface area contributed by atoms with E-state index < -0.39 is 42.0 Å². The van der Waals surface area contributed by atoms with Crippen molar-refractivity contribution in [1.29, 1.82) is 0 Å². The van der Waals surface area contributed by atoms with Gasteiger partial charge < -0.3 is 29.0 Å². The van der Waals surface area contributed by atoms with Crippen molar-refractivity contribution < 1.29 is 32.1 Å². The molecule has 0 saturated carbocycles. The van der Waals surface area contributed by atoms with Crippen LogP contribution in [0.3, 0.4) is 0 Å². The Bertz CT molecular complexity index is 2040. The van der Waals surface area contributed by atoms with Gasteiger partial charge in [0.25, 0.3) is 5.56 Å². The summed E-state index contributed by atoms with van der Waals surface area (Å²) in [5.41, 5.74) is -0.856. The van der Waals surface area contributed by atoms with Crippen molar-refractivity contribution in [3.05, 3.63) is 69.1 Å². The second kappa shape index (κ2) is 13.7. The van der Waals surface area contributed by atoms with Gasteiger partial charge in [0.1, 0.15) is 25.0 Å². The van der Waals surface area contributed by atoms with Gasteiger partial charge in [-0.3, -0.25) is 9.59 Å². The van der Waals surface area contributed by atoms with Gasteiger partial charge in [0.05, 0.1) is 22.0 Å². The number of halogens is 4. The van der Waals surface area contributed by atoms with Crippen molar-refractivity contribution in [2.75, 3.05) is 49.7 Å². The Labute approximate surface area is 291 Å². The highest BCUT2D eigenvalue weighted by atomic mass is 35.5. The molecule has 0 aliphatic carbocycles. The Morgan fingerprint density at radius 1 is 1.02 bits per heavy atom. The third kappa shape index (κ3) is 7.99. The van der Waals surface area contributed by atoms with Crippen LogP contribution >= 0.6 is 18.7 Å². The highest BCUT2D eigenvalue weighted by molar-refractivity contribution is 7.70. The fourth-order valence-electron chi connectivity index (χ4n) is 5.59. The molecule has 2 amide bonds. The average Bonchev–Trinajstić information content (AvgIpc) is 3.48. The first-order chi connectivity index (χ1) is 23.3. The van der Waals surface area contributed by atoms with Crippen molar-refractivity contribution in [1.82, 2.24) is 24.1 Å². The SMILES string of the molecule is CCc1c(N2CCN(C(=O)OC(C)(C)C)CC2)c(=O)n2nc(-c3ccc(P(C)(C)=O)cc3)nc2n1CC(=O)Nc1ccc(C(F)(F)F)cc1Cl. The van der Waals surface area contributed by atoms with E-state index in [2.05, 4.69) is 15.4 Å². The lowest BCUT2D eigenvalue weighted by atomic mass is 10.2. The molecule has 1 saturated heterocycles. The van der Waals surface area contributed by atoms with Crippen molar-refractivity contribution in [3.8, 4) is 11.4 Å². The average molecular weight is 736 g/mol. The van der Waals surface area contributed by atoms with Crippen LogP contribution in [0.15, 0.2) is 47.3 Å². The zero-order chi connectivity index (χ0) is 36.8. The lowest BCUT2D eigenvalue weighted by Crippen LogP contribution is -2.51. The van der Waals surface area contributed by atoms with Crippen molar-refractivity contribution in [2.45, 2.75) is 52.4 Å². The molecule has 17 heteroatoms. The first-order valence-electron chi connectivity index (χ1n) is 15.8. The molecule has 1 fully saturated rings. The number of fused-ring (bicyclic) bond motifs is 1. The van der Waals surface area contributed by atoms with E-state index in [1.807, 2.05) is 11.8 Å². The van der Waals surface area contributed by atoms with E-state index >= 15 is 0 Å². The number of benzene rings is 2. The van der Waals surface area contributed by atoms with Crippen molar-refractivity contribution >= 4 is 53.2 Å².